The van der Waals surface area contributed by atoms with Gasteiger partial charge in [-0.2, -0.15) is 0 Å². The Hall–Kier alpha value is -3.91. The molecule has 8 heteroatoms. The van der Waals surface area contributed by atoms with Gasteiger partial charge in [0.1, 0.15) is 0 Å². The molecular weight excluding hydrogens is 420 g/mol. The number of rotatable bonds is 9. The van der Waals surface area contributed by atoms with Gasteiger partial charge in [0.2, 0.25) is 11.8 Å². The number of hydrogen-bond donors (Lipinski definition) is 4. The Balaban J connectivity index is 1.68. The van der Waals surface area contributed by atoms with Crippen LogP contribution < -0.4 is 16.4 Å². The highest BCUT2D eigenvalue weighted by molar-refractivity contribution is 5.94. The number of nitrogens with two attached hydrogens (primary N) is 1. The van der Waals surface area contributed by atoms with E-state index in [0.717, 1.165) is 34.2 Å². The number of hydrogen-bond acceptors (Lipinski definition) is 5. The van der Waals surface area contributed by atoms with Crippen LogP contribution in [-0.2, 0) is 25.5 Å². The maximum absolute atomic E-state index is 13.0. The molecule has 33 heavy (non-hydrogen) atoms. The Bertz CT molecular complexity index is 1150. The van der Waals surface area contributed by atoms with Crippen molar-refractivity contribution in [1.82, 2.24) is 15.6 Å². The number of benzene rings is 2. The Morgan fingerprint density at radius 1 is 1.09 bits per heavy atom. The second-order valence-corrected chi connectivity index (χ2v) is 7.99. The number of fused-ring (bicyclic) bond motifs is 1. The van der Waals surface area contributed by atoms with Crippen molar-refractivity contribution >= 4 is 28.7 Å². The average Bonchev–Trinajstić information content (AvgIpc) is 3.22. The third kappa shape index (κ3) is 6.30. The third-order valence-corrected chi connectivity index (χ3v) is 5.31. The van der Waals surface area contributed by atoms with E-state index in [1.807, 2.05) is 60.8 Å². The molecule has 5 N–H and O–H groups in total. The van der Waals surface area contributed by atoms with Crippen LogP contribution in [0.3, 0.4) is 0 Å². The first-order valence-electron chi connectivity index (χ1n) is 10.5. The molecule has 1 heterocycles. The van der Waals surface area contributed by atoms with Crippen molar-refractivity contribution in [3.8, 4) is 0 Å². The highest BCUT2D eigenvalue weighted by Crippen LogP contribution is 2.22. The molecule has 0 saturated carbocycles. The van der Waals surface area contributed by atoms with E-state index in [4.69, 9.17) is 5.73 Å². The average molecular weight is 449 g/mol. The number of carbonyl (C=O) groups is 3. The topological polar surface area (TPSA) is 126 Å². The second-order valence-electron chi connectivity index (χ2n) is 7.99. The van der Waals surface area contributed by atoms with E-state index in [1.54, 1.807) is 6.92 Å². The maximum atomic E-state index is 13.0. The molecule has 0 saturated heterocycles. The summed E-state index contributed by atoms with van der Waals surface area (Å²) in [7, 11) is 1.23. The van der Waals surface area contributed by atoms with Crippen molar-refractivity contribution in [2.75, 3.05) is 13.7 Å². The largest absolute Gasteiger partial charge is 0.466 e. The minimum Gasteiger partial charge on any atom is -0.466 e. The molecule has 0 aliphatic heterocycles. The first-order valence-corrected chi connectivity index (χ1v) is 10.5. The molecule has 0 radical (unpaired) electrons. The SMILES string of the molecule is COC(=O)C=CC(=O)N[C@@H](CNC(=O)[C@](C)(N)Cc1c[nH]c2ccccc12)c1ccccc1. The zero-order valence-corrected chi connectivity index (χ0v) is 18.6. The number of ether oxygens (including phenoxy) is 1. The molecule has 3 aromatic rings. The lowest BCUT2D eigenvalue weighted by atomic mass is 9.92. The summed E-state index contributed by atoms with van der Waals surface area (Å²) in [6.45, 7) is 1.81. The van der Waals surface area contributed by atoms with Crippen molar-refractivity contribution in [1.29, 1.82) is 0 Å². The number of para-hydroxylation sites is 1. The van der Waals surface area contributed by atoms with E-state index >= 15 is 0 Å². The van der Waals surface area contributed by atoms with Gasteiger partial charge in [-0.1, -0.05) is 48.5 Å². The molecule has 2 atom stereocenters. The lowest BCUT2D eigenvalue weighted by Gasteiger charge is -2.26. The highest BCUT2D eigenvalue weighted by Gasteiger charge is 2.30. The first-order chi connectivity index (χ1) is 15.8. The standard InChI is InChI=1S/C25H28N4O4/c1-25(26,14-18-15-27-20-11-7-6-10-19(18)20)24(32)28-16-21(17-8-4-3-5-9-17)29-22(30)12-13-23(31)33-2/h3-13,15,21,27H,14,16,26H2,1-2H3,(H,28,32)(H,29,30)/t21-,25+/m0/s1. The number of methoxy groups -OCH3 is 1. The van der Waals surface area contributed by atoms with Crippen LogP contribution in [0.1, 0.15) is 24.1 Å². The number of amides is 2. The molecule has 0 spiro atoms. The zero-order chi connectivity index (χ0) is 23.8. The van der Waals surface area contributed by atoms with E-state index in [0.29, 0.717) is 6.42 Å². The van der Waals surface area contributed by atoms with Crippen LogP contribution in [0.5, 0.6) is 0 Å². The number of carbonyl (C=O) groups excluding carboxylic acids is 3. The van der Waals surface area contributed by atoms with E-state index in [-0.39, 0.29) is 12.5 Å². The van der Waals surface area contributed by atoms with Gasteiger partial charge < -0.3 is 26.1 Å². The maximum Gasteiger partial charge on any atom is 0.330 e. The summed E-state index contributed by atoms with van der Waals surface area (Å²) in [6.07, 6.45) is 4.33. The fourth-order valence-corrected chi connectivity index (χ4v) is 3.52. The number of nitrogens with one attached hydrogen (secondary N) is 3. The predicted octanol–water partition coefficient (Wildman–Crippen LogP) is 2.13. The highest BCUT2D eigenvalue weighted by atomic mass is 16.5. The molecular formula is C25H28N4O4. The Kier molecular flexibility index (Phi) is 7.63. The molecule has 3 rings (SSSR count). The fourth-order valence-electron chi connectivity index (χ4n) is 3.52. The van der Waals surface area contributed by atoms with Crippen molar-refractivity contribution in [2.24, 2.45) is 5.73 Å². The van der Waals surface area contributed by atoms with E-state index in [2.05, 4.69) is 20.4 Å². The summed E-state index contributed by atoms with van der Waals surface area (Å²) in [4.78, 5) is 39.7. The minimum absolute atomic E-state index is 0.126. The van der Waals surface area contributed by atoms with Crippen molar-refractivity contribution in [2.45, 2.75) is 24.9 Å². The van der Waals surface area contributed by atoms with Gasteiger partial charge in [-0.05, 0) is 24.1 Å². The zero-order valence-electron chi connectivity index (χ0n) is 18.6. The molecule has 8 nitrogen and oxygen atoms in total. The van der Waals surface area contributed by atoms with Crippen LogP contribution in [0, 0.1) is 0 Å². The molecule has 2 aromatic carbocycles. The van der Waals surface area contributed by atoms with Crippen LogP contribution in [0.15, 0.2) is 72.9 Å². The van der Waals surface area contributed by atoms with E-state index in [1.165, 1.54) is 7.11 Å². The first kappa shape index (κ1) is 23.7. The fraction of sp³-hybridized carbons (Fsp3) is 0.240. The molecule has 0 aliphatic carbocycles. The van der Waals surface area contributed by atoms with Gasteiger partial charge in [0, 0.05) is 42.2 Å². The van der Waals surface area contributed by atoms with Gasteiger partial charge >= 0.3 is 5.97 Å². The lowest BCUT2D eigenvalue weighted by molar-refractivity contribution is -0.135. The van der Waals surface area contributed by atoms with Gasteiger partial charge in [0.25, 0.3) is 0 Å². The van der Waals surface area contributed by atoms with Gasteiger partial charge in [0.05, 0.1) is 18.7 Å². The van der Waals surface area contributed by atoms with Gasteiger partial charge in [-0.25, -0.2) is 4.79 Å². The summed E-state index contributed by atoms with van der Waals surface area (Å²) in [6, 6.07) is 16.5. The number of aromatic nitrogens is 1. The molecule has 0 fully saturated rings. The summed E-state index contributed by atoms with van der Waals surface area (Å²) < 4.78 is 4.50. The molecule has 172 valence electrons. The summed E-state index contributed by atoms with van der Waals surface area (Å²) >= 11 is 0. The summed E-state index contributed by atoms with van der Waals surface area (Å²) in [5, 5.41) is 6.68. The smallest absolute Gasteiger partial charge is 0.330 e. The monoisotopic (exact) mass is 448 g/mol. The third-order valence-electron chi connectivity index (χ3n) is 5.31. The van der Waals surface area contributed by atoms with Gasteiger partial charge in [0.15, 0.2) is 0 Å². The van der Waals surface area contributed by atoms with Crippen LogP contribution in [0.4, 0.5) is 0 Å². The Morgan fingerprint density at radius 2 is 1.79 bits per heavy atom. The minimum atomic E-state index is -1.17. The molecule has 0 bridgehead atoms. The van der Waals surface area contributed by atoms with Crippen molar-refractivity contribution in [3.05, 3.63) is 84.1 Å². The van der Waals surface area contributed by atoms with Gasteiger partial charge in [-0.15, -0.1) is 0 Å². The predicted molar refractivity (Wildman–Crippen MR) is 126 cm³/mol. The van der Waals surface area contributed by atoms with Crippen LogP contribution in [-0.4, -0.2) is 42.0 Å². The van der Waals surface area contributed by atoms with Crippen LogP contribution in [0.25, 0.3) is 10.9 Å². The second kappa shape index (κ2) is 10.6. The molecule has 2 amide bonds. The number of H-pyrrole nitrogens is 1. The lowest BCUT2D eigenvalue weighted by Crippen LogP contribution is -2.54. The Labute approximate surface area is 192 Å². The summed E-state index contributed by atoms with van der Waals surface area (Å²) in [5.41, 5.74) is 7.96. The quantitative estimate of drug-likeness (QED) is 0.295. The summed E-state index contributed by atoms with van der Waals surface area (Å²) in [5.74, 6) is -1.46. The van der Waals surface area contributed by atoms with Crippen molar-refractivity contribution < 1.29 is 19.1 Å². The number of aromatic amines is 1. The number of esters is 1. The molecule has 1 aromatic heterocycles. The molecule has 0 aliphatic rings. The van der Waals surface area contributed by atoms with Crippen molar-refractivity contribution in [3.63, 3.8) is 0 Å². The molecule has 0 unspecified atom stereocenters. The van der Waals surface area contributed by atoms with Gasteiger partial charge in [-0.3, -0.25) is 9.59 Å². The van der Waals surface area contributed by atoms with E-state index < -0.39 is 23.5 Å². The van der Waals surface area contributed by atoms with Crippen LogP contribution in [0.2, 0.25) is 0 Å². The Morgan fingerprint density at radius 3 is 2.52 bits per heavy atom. The van der Waals surface area contributed by atoms with E-state index in [9.17, 15) is 14.4 Å². The normalized spacial score (nSPS) is 13.9. The van der Waals surface area contributed by atoms with Crippen LogP contribution >= 0.6 is 0 Å².